The van der Waals surface area contributed by atoms with Crippen molar-refractivity contribution in [1.29, 1.82) is 0 Å². The topological polar surface area (TPSA) is 30.5 Å². The standard InChI is InChI=1S/C17H25BFNO2/c1-12-13(8-7-9-15(12)19)10-14(11-20-6)18-21-16(2,3)17(4,5)22-18/h7-10,20H,11H2,1-6H3. The first-order valence-corrected chi connectivity index (χ1v) is 7.64. The summed E-state index contributed by atoms with van der Waals surface area (Å²) in [4.78, 5) is 0. The SMILES string of the molecule is CNCC(=Cc1cccc(F)c1C)B1OC(C)(C)C(C)(C)O1. The van der Waals surface area contributed by atoms with Crippen molar-refractivity contribution >= 4 is 13.2 Å². The largest absolute Gasteiger partial charge is 0.491 e. The van der Waals surface area contributed by atoms with E-state index in [1.54, 1.807) is 13.0 Å². The Bertz CT molecular complexity index is 568. The first kappa shape index (κ1) is 17.2. The van der Waals surface area contributed by atoms with Crippen LogP contribution >= 0.6 is 0 Å². The second kappa shape index (κ2) is 6.15. The fourth-order valence-corrected chi connectivity index (χ4v) is 2.38. The van der Waals surface area contributed by atoms with Crippen LogP contribution in [-0.4, -0.2) is 31.9 Å². The van der Waals surface area contributed by atoms with Crippen molar-refractivity contribution in [3.05, 3.63) is 40.6 Å². The third-order valence-corrected chi connectivity index (χ3v) is 4.59. The fourth-order valence-electron chi connectivity index (χ4n) is 2.38. The van der Waals surface area contributed by atoms with Gasteiger partial charge in [0.05, 0.1) is 11.2 Å². The molecule has 0 aliphatic carbocycles. The van der Waals surface area contributed by atoms with Crippen LogP contribution in [0.3, 0.4) is 0 Å². The van der Waals surface area contributed by atoms with Crippen molar-refractivity contribution in [3.63, 3.8) is 0 Å². The van der Waals surface area contributed by atoms with Crippen LogP contribution in [0.5, 0.6) is 0 Å². The Balaban J connectivity index is 2.35. The quantitative estimate of drug-likeness (QED) is 0.865. The zero-order valence-corrected chi connectivity index (χ0v) is 14.3. The van der Waals surface area contributed by atoms with Crippen molar-refractivity contribution in [2.45, 2.75) is 45.8 Å². The van der Waals surface area contributed by atoms with E-state index in [0.29, 0.717) is 12.1 Å². The minimum atomic E-state index is -0.430. The van der Waals surface area contributed by atoms with Gasteiger partial charge in [-0.15, -0.1) is 0 Å². The van der Waals surface area contributed by atoms with Crippen LogP contribution in [0.2, 0.25) is 0 Å². The highest BCUT2D eigenvalue weighted by Crippen LogP contribution is 2.38. The molecule has 22 heavy (non-hydrogen) atoms. The molecule has 1 aliphatic rings. The molecule has 0 spiro atoms. The van der Waals surface area contributed by atoms with Gasteiger partial charge in [-0.3, -0.25) is 0 Å². The van der Waals surface area contributed by atoms with Crippen molar-refractivity contribution < 1.29 is 13.7 Å². The van der Waals surface area contributed by atoms with E-state index < -0.39 is 7.12 Å². The third-order valence-electron chi connectivity index (χ3n) is 4.59. The summed E-state index contributed by atoms with van der Waals surface area (Å²) in [5.74, 6) is -0.202. The summed E-state index contributed by atoms with van der Waals surface area (Å²) in [5.41, 5.74) is 1.66. The predicted molar refractivity (Wildman–Crippen MR) is 89.1 cm³/mol. The summed E-state index contributed by atoms with van der Waals surface area (Å²) in [5, 5.41) is 3.13. The summed E-state index contributed by atoms with van der Waals surface area (Å²) >= 11 is 0. The van der Waals surface area contributed by atoms with E-state index in [2.05, 4.69) is 5.32 Å². The first-order chi connectivity index (χ1) is 10.2. The maximum atomic E-state index is 13.7. The van der Waals surface area contributed by atoms with Crippen LogP contribution in [-0.2, 0) is 9.31 Å². The molecule has 5 heteroatoms. The molecule has 0 atom stereocenters. The lowest BCUT2D eigenvalue weighted by Gasteiger charge is -2.32. The Kier molecular flexibility index (Phi) is 4.80. The van der Waals surface area contributed by atoms with Crippen molar-refractivity contribution in [2.24, 2.45) is 0 Å². The molecule has 2 rings (SSSR count). The highest BCUT2D eigenvalue weighted by Gasteiger charge is 2.52. The van der Waals surface area contributed by atoms with Gasteiger partial charge in [0.25, 0.3) is 0 Å². The molecule has 1 N–H and O–H groups in total. The van der Waals surface area contributed by atoms with E-state index in [9.17, 15) is 4.39 Å². The fraction of sp³-hybridized carbons (Fsp3) is 0.529. The Hall–Kier alpha value is -1.17. The molecule has 3 nitrogen and oxygen atoms in total. The maximum absolute atomic E-state index is 13.7. The Morgan fingerprint density at radius 2 is 1.82 bits per heavy atom. The molecule has 1 aromatic rings. The smallest absolute Gasteiger partial charge is 0.400 e. The summed E-state index contributed by atoms with van der Waals surface area (Å²) in [6.45, 7) is 10.5. The van der Waals surface area contributed by atoms with Gasteiger partial charge < -0.3 is 14.6 Å². The van der Waals surface area contributed by atoms with Crippen LogP contribution in [0.1, 0.15) is 38.8 Å². The lowest BCUT2D eigenvalue weighted by atomic mass is 9.76. The average Bonchev–Trinajstić information content (AvgIpc) is 2.63. The van der Waals surface area contributed by atoms with E-state index in [-0.39, 0.29) is 17.0 Å². The summed E-state index contributed by atoms with van der Waals surface area (Å²) in [7, 11) is 1.44. The highest BCUT2D eigenvalue weighted by atomic mass is 19.1. The van der Waals surface area contributed by atoms with Gasteiger partial charge >= 0.3 is 7.12 Å². The summed E-state index contributed by atoms with van der Waals surface area (Å²) < 4.78 is 25.9. The number of rotatable bonds is 4. The van der Waals surface area contributed by atoms with Gasteiger partial charge in [-0.05, 0) is 64.3 Å². The molecule has 0 unspecified atom stereocenters. The molecule has 0 aromatic heterocycles. The lowest BCUT2D eigenvalue weighted by Crippen LogP contribution is -2.41. The molecule has 1 aliphatic heterocycles. The Morgan fingerprint density at radius 1 is 1.23 bits per heavy atom. The lowest BCUT2D eigenvalue weighted by molar-refractivity contribution is 0.00578. The molecule has 0 saturated carbocycles. The van der Waals surface area contributed by atoms with Crippen LogP contribution in [0.15, 0.2) is 23.7 Å². The molecule has 1 fully saturated rings. The van der Waals surface area contributed by atoms with Gasteiger partial charge in [0.1, 0.15) is 5.82 Å². The summed E-state index contributed by atoms with van der Waals surface area (Å²) in [6.07, 6.45) is 1.96. The zero-order chi connectivity index (χ0) is 16.5. The second-order valence-electron chi connectivity index (χ2n) is 6.79. The van der Waals surface area contributed by atoms with E-state index in [1.165, 1.54) is 6.07 Å². The average molecular weight is 305 g/mol. The van der Waals surface area contributed by atoms with Gasteiger partial charge in [-0.1, -0.05) is 18.2 Å². The molecule has 120 valence electrons. The van der Waals surface area contributed by atoms with Crippen molar-refractivity contribution in [1.82, 2.24) is 5.32 Å². The molecular weight excluding hydrogens is 280 g/mol. The van der Waals surface area contributed by atoms with E-state index in [0.717, 1.165) is 11.0 Å². The van der Waals surface area contributed by atoms with Crippen LogP contribution in [0, 0.1) is 12.7 Å². The van der Waals surface area contributed by atoms with Gasteiger partial charge in [0.15, 0.2) is 0 Å². The van der Waals surface area contributed by atoms with Gasteiger partial charge in [0.2, 0.25) is 0 Å². The molecule has 0 radical (unpaired) electrons. The van der Waals surface area contributed by atoms with E-state index >= 15 is 0 Å². The number of hydrogen-bond donors (Lipinski definition) is 1. The number of halogens is 1. The third kappa shape index (κ3) is 3.27. The van der Waals surface area contributed by atoms with Gasteiger partial charge in [-0.2, -0.15) is 0 Å². The monoisotopic (exact) mass is 305 g/mol. The molecule has 1 saturated heterocycles. The highest BCUT2D eigenvalue weighted by molar-refractivity contribution is 6.55. The van der Waals surface area contributed by atoms with Crippen LogP contribution in [0.4, 0.5) is 4.39 Å². The van der Waals surface area contributed by atoms with E-state index in [4.69, 9.17) is 9.31 Å². The number of hydrogen-bond acceptors (Lipinski definition) is 3. The molecule has 1 heterocycles. The van der Waals surface area contributed by atoms with Crippen molar-refractivity contribution in [3.8, 4) is 0 Å². The Labute approximate surface area is 133 Å². The first-order valence-electron chi connectivity index (χ1n) is 7.64. The molecule has 1 aromatic carbocycles. The van der Waals surface area contributed by atoms with Gasteiger partial charge in [-0.25, -0.2) is 4.39 Å². The van der Waals surface area contributed by atoms with Crippen LogP contribution < -0.4 is 5.32 Å². The number of likely N-dealkylation sites (N-methyl/N-ethyl adjacent to an activating group) is 1. The van der Waals surface area contributed by atoms with Crippen molar-refractivity contribution in [2.75, 3.05) is 13.6 Å². The normalized spacial score (nSPS) is 20.5. The molecule has 0 amide bonds. The minimum absolute atomic E-state index is 0.202. The maximum Gasteiger partial charge on any atom is 0.491 e. The molecule has 0 bridgehead atoms. The summed E-state index contributed by atoms with van der Waals surface area (Å²) in [6, 6.07) is 5.09. The molecular formula is C17H25BFNO2. The minimum Gasteiger partial charge on any atom is -0.400 e. The van der Waals surface area contributed by atoms with Crippen LogP contribution in [0.25, 0.3) is 6.08 Å². The second-order valence-corrected chi connectivity index (χ2v) is 6.79. The van der Waals surface area contributed by atoms with E-state index in [1.807, 2.05) is 46.9 Å². The Morgan fingerprint density at radius 3 is 2.36 bits per heavy atom. The number of benzene rings is 1. The van der Waals surface area contributed by atoms with Gasteiger partial charge in [0, 0.05) is 6.54 Å². The zero-order valence-electron chi connectivity index (χ0n) is 14.3. The number of nitrogens with one attached hydrogen (secondary N) is 1. The predicted octanol–water partition coefficient (Wildman–Crippen LogP) is 3.37.